The molecule has 0 heterocycles. The Kier molecular flexibility index (Phi) is 5.21. The lowest BCUT2D eigenvalue weighted by Crippen LogP contribution is -2.17. The lowest BCUT2D eigenvalue weighted by atomic mass is 9.86. The van der Waals surface area contributed by atoms with Crippen LogP contribution in [0.3, 0.4) is 0 Å². The summed E-state index contributed by atoms with van der Waals surface area (Å²) in [7, 11) is -3.35. The molecule has 1 rings (SSSR count). The van der Waals surface area contributed by atoms with Crippen LogP contribution in [0.25, 0.3) is 0 Å². The van der Waals surface area contributed by atoms with E-state index in [1.54, 1.807) is 24.3 Å². The SMILES string of the molecule is CC(C)(C#N)c1ccc(NS(=O)(=O)CCCCl)cc1. The van der Waals surface area contributed by atoms with E-state index in [4.69, 9.17) is 16.9 Å². The van der Waals surface area contributed by atoms with Gasteiger partial charge in [0.05, 0.1) is 17.2 Å². The maximum atomic E-state index is 11.7. The highest BCUT2D eigenvalue weighted by Gasteiger charge is 2.19. The number of nitrogens with zero attached hydrogens (tertiary/aromatic N) is 1. The summed E-state index contributed by atoms with van der Waals surface area (Å²) in [5, 5.41) is 9.03. The molecule has 0 aliphatic carbocycles. The quantitative estimate of drug-likeness (QED) is 0.821. The molecule has 0 radical (unpaired) electrons. The van der Waals surface area contributed by atoms with Crippen LogP contribution in [0.1, 0.15) is 25.8 Å². The van der Waals surface area contributed by atoms with Gasteiger partial charge in [-0.3, -0.25) is 4.72 Å². The first-order valence-corrected chi connectivity index (χ1v) is 8.08. The van der Waals surface area contributed by atoms with Crippen LogP contribution in [0.5, 0.6) is 0 Å². The van der Waals surface area contributed by atoms with Crippen molar-refractivity contribution in [3.63, 3.8) is 0 Å². The second kappa shape index (κ2) is 6.27. The fourth-order valence-corrected chi connectivity index (χ4v) is 2.91. The molecule has 1 N–H and O–H groups in total. The molecule has 19 heavy (non-hydrogen) atoms. The van der Waals surface area contributed by atoms with Crippen molar-refractivity contribution in [3.8, 4) is 6.07 Å². The Morgan fingerprint density at radius 1 is 1.32 bits per heavy atom. The topological polar surface area (TPSA) is 70.0 Å². The van der Waals surface area contributed by atoms with Crippen molar-refractivity contribution >= 4 is 27.3 Å². The molecule has 0 amide bonds. The molecule has 0 unspecified atom stereocenters. The molecule has 104 valence electrons. The number of nitriles is 1. The predicted octanol–water partition coefficient (Wildman–Crippen LogP) is 2.86. The van der Waals surface area contributed by atoms with Crippen LogP contribution in [0.2, 0.25) is 0 Å². The Morgan fingerprint density at radius 3 is 2.37 bits per heavy atom. The molecule has 0 aliphatic heterocycles. The molecule has 1 aromatic carbocycles. The van der Waals surface area contributed by atoms with Crippen molar-refractivity contribution in [2.45, 2.75) is 25.7 Å². The van der Waals surface area contributed by atoms with Crippen LogP contribution in [0, 0.1) is 11.3 Å². The Morgan fingerprint density at radius 2 is 1.89 bits per heavy atom. The number of alkyl halides is 1. The largest absolute Gasteiger partial charge is 0.284 e. The third-order valence-electron chi connectivity index (χ3n) is 2.71. The van der Waals surface area contributed by atoms with E-state index in [1.165, 1.54) is 0 Å². The van der Waals surface area contributed by atoms with Gasteiger partial charge >= 0.3 is 0 Å². The summed E-state index contributed by atoms with van der Waals surface area (Å²) in [5.74, 6) is 0.318. The number of halogens is 1. The Labute approximate surface area is 119 Å². The number of hydrogen-bond acceptors (Lipinski definition) is 3. The summed E-state index contributed by atoms with van der Waals surface area (Å²) in [6, 6.07) is 9.02. The third-order valence-corrected chi connectivity index (χ3v) is 4.35. The van der Waals surface area contributed by atoms with Crippen LogP contribution in [0.4, 0.5) is 5.69 Å². The van der Waals surface area contributed by atoms with E-state index >= 15 is 0 Å². The van der Waals surface area contributed by atoms with Crippen LogP contribution in [-0.2, 0) is 15.4 Å². The number of sulfonamides is 1. The molecule has 0 spiro atoms. The summed E-state index contributed by atoms with van der Waals surface area (Å²) in [5.41, 5.74) is 0.751. The summed E-state index contributed by atoms with van der Waals surface area (Å²) < 4.78 is 25.8. The second-order valence-corrected chi connectivity index (χ2v) is 7.00. The van der Waals surface area contributed by atoms with Gasteiger partial charge in [0.25, 0.3) is 0 Å². The monoisotopic (exact) mass is 300 g/mol. The fraction of sp³-hybridized carbons (Fsp3) is 0.462. The second-order valence-electron chi connectivity index (χ2n) is 4.78. The van der Waals surface area contributed by atoms with E-state index in [-0.39, 0.29) is 5.75 Å². The molecule has 0 saturated carbocycles. The number of rotatable bonds is 6. The molecule has 0 fully saturated rings. The lowest BCUT2D eigenvalue weighted by Gasteiger charge is -2.16. The van der Waals surface area contributed by atoms with Gasteiger partial charge in [0.15, 0.2) is 0 Å². The van der Waals surface area contributed by atoms with E-state index in [2.05, 4.69) is 10.8 Å². The zero-order valence-electron chi connectivity index (χ0n) is 11.0. The van der Waals surface area contributed by atoms with E-state index in [1.807, 2.05) is 13.8 Å². The molecule has 4 nitrogen and oxygen atoms in total. The lowest BCUT2D eigenvalue weighted by molar-refractivity contribution is 0.600. The summed E-state index contributed by atoms with van der Waals surface area (Å²) in [6.07, 6.45) is 0.413. The molecule has 6 heteroatoms. The highest BCUT2D eigenvalue weighted by Crippen LogP contribution is 2.23. The van der Waals surface area contributed by atoms with Crippen LogP contribution in [-0.4, -0.2) is 20.1 Å². The summed E-state index contributed by atoms with van der Waals surface area (Å²) >= 11 is 5.47. The molecule has 1 aromatic rings. The van der Waals surface area contributed by atoms with Gasteiger partial charge in [0.2, 0.25) is 10.0 Å². The van der Waals surface area contributed by atoms with Gasteiger partial charge in [-0.25, -0.2) is 8.42 Å². The van der Waals surface area contributed by atoms with Crippen molar-refractivity contribution in [2.75, 3.05) is 16.4 Å². The van der Waals surface area contributed by atoms with Crippen LogP contribution >= 0.6 is 11.6 Å². The Balaban J connectivity index is 2.81. The maximum Gasteiger partial charge on any atom is 0.232 e. The molecule has 0 bridgehead atoms. The predicted molar refractivity (Wildman–Crippen MR) is 77.8 cm³/mol. The van der Waals surface area contributed by atoms with Crippen LogP contribution in [0.15, 0.2) is 24.3 Å². The highest BCUT2D eigenvalue weighted by atomic mass is 35.5. The smallest absolute Gasteiger partial charge is 0.232 e. The minimum atomic E-state index is -3.35. The standard InChI is InChI=1S/C13H17ClN2O2S/c1-13(2,10-15)11-4-6-12(7-5-11)16-19(17,18)9-3-8-14/h4-7,16H,3,8-9H2,1-2H3. The van der Waals surface area contributed by atoms with Gasteiger partial charge in [0.1, 0.15) is 0 Å². The maximum absolute atomic E-state index is 11.7. The zero-order valence-corrected chi connectivity index (χ0v) is 12.6. The highest BCUT2D eigenvalue weighted by molar-refractivity contribution is 7.92. The number of nitrogens with one attached hydrogen (secondary N) is 1. The normalized spacial score (nSPS) is 11.9. The molecule has 0 atom stereocenters. The van der Waals surface area contributed by atoms with E-state index in [9.17, 15) is 8.42 Å². The Hall–Kier alpha value is -1.25. The molecule has 0 saturated heterocycles. The van der Waals surface area contributed by atoms with Gasteiger partial charge in [-0.2, -0.15) is 5.26 Å². The fourth-order valence-electron chi connectivity index (χ4n) is 1.49. The number of benzene rings is 1. The average Bonchev–Trinajstić information content (AvgIpc) is 2.36. The van der Waals surface area contributed by atoms with Crippen molar-refractivity contribution in [2.24, 2.45) is 0 Å². The van der Waals surface area contributed by atoms with Crippen molar-refractivity contribution < 1.29 is 8.42 Å². The molecule has 0 aromatic heterocycles. The van der Waals surface area contributed by atoms with Gasteiger partial charge in [-0.1, -0.05) is 12.1 Å². The first kappa shape index (κ1) is 15.8. The van der Waals surface area contributed by atoms with Gasteiger partial charge < -0.3 is 0 Å². The molecular formula is C13H17ClN2O2S. The number of hydrogen-bond donors (Lipinski definition) is 1. The Bertz CT molecular complexity index is 559. The van der Waals surface area contributed by atoms with Crippen molar-refractivity contribution in [1.82, 2.24) is 0 Å². The van der Waals surface area contributed by atoms with E-state index in [0.717, 1.165) is 5.56 Å². The summed E-state index contributed by atoms with van der Waals surface area (Å²) in [6.45, 7) is 3.62. The van der Waals surface area contributed by atoms with Crippen molar-refractivity contribution in [1.29, 1.82) is 5.26 Å². The number of anilines is 1. The average molecular weight is 301 g/mol. The third kappa shape index (κ3) is 4.73. The van der Waals surface area contributed by atoms with E-state index < -0.39 is 15.4 Å². The summed E-state index contributed by atoms with van der Waals surface area (Å²) in [4.78, 5) is 0. The zero-order chi connectivity index (χ0) is 14.5. The first-order chi connectivity index (χ1) is 8.80. The van der Waals surface area contributed by atoms with Crippen LogP contribution < -0.4 is 4.72 Å². The van der Waals surface area contributed by atoms with Gasteiger partial charge in [0, 0.05) is 11.6 Å². The molecule has 0 aliphatic rings. The van der Waals surface area contributed by atoms with Gasteiger partial charge in [-0.05, 0) is 38.0 Å². The first-order valence-electron chi connectivity index (χ1n) is 5.89. The minimum Gasteiger partial charge on any atom is -0.284 e. The molecular weight excluding hydrogens is 284 g/mol. The van der Waals surface area contributed by atoms with Gasteiger partial charge in [-0.15, -0.1) is 11.6 Å². The minimum absolute atomic E-state index is 0.00192. The van der Waals surface area contributed by atoms with E-state index in [0.29, 0.717) is 18.0 Å². The van der Waals surface area contributed by atoms with Crippen molar-refractivity contribution in [3.05, 3.63) is 29.8 Å².